The number of aryl methyl sites for hydroxylation is 2. The summed E-state index contributed by atoms with van der Waals surface area (Å²) < 4.78 is 1.78. The van der Waals surface area contributed by atoms with E-state index in [9.17, 15) is 0 Å². The molecule has 0 radical (unpaired) electrons. The summed E-state index contributed by atoms with van der Waals surface area (Å²) in [6.07, 6.45) is 6.62. The van der Waals surface area contributed by atoms with Gasteiger partial charge in [0.25, 0.3) is 0 Å². The third-order valence-electron chi connectivity index (χ3n) is 4.00. The second-order valence-corrected chi connectivity index (χ2v) is 6.15. The molecule has 1 atom stereocenters. The average Bonchev–Trinajstić information content (AvgIpc) is 2.89. The maximum atomic E-state index is 6.31. The van der Waals surface area contributed by atoms with Crippen molar-refractivity contribution < 1.29 is 0 Å². The van der Waals surface area contributed by atoms with Crippen molar-refractivity contribution in [2.75, 3.05) is 5.33 Å². The number of halogens is 2. The molecule has 4 heteroatoms. The molecule has 1 aliphatic rings. The molecule has 1 aromatic rings. The highest BCUT2D eigenvalue weighted by atomic mass is 79.9. The molecule has 1 aromatic heterocycles. The van der Waals surface area contributed by atoms with Crippen LogP contribution in [0.3, 0.4) is 0 Å². The van der Waals surface area contributed by atoms with E-state index in [2.05, 4.69) is 28.0 Å². The lowest BCUT2D eigenvalue weighted by Gasteiger charge is -2.21. The Morgan fingerprint density at radius 1 is 1.47 bits per heavy atom. The summed E-state index contributed by atoms with van der Waals surface area (Å²) in [4.78, 5) is 0. The highest BCUT2D eigenvalue weighted by Gasteiger charge is 2.26. The quantitative estimate of drug-likeness (QED) is 0.763. The number of rotatable bonds is 4. The Balaban J connectivity index is 2.12. The Morgan fingerprint density at radius 2 is 2.12 bits per heavy atom. The SMILES string of the molecule is Cc1nn(C)c(Cl)c1CC(CBr)C1CCCC1. The lowest BCUT2D eigenvalue weighted by Crippen LogP contribution is -2.16. The molecule has 0 saturated heterocycles. The number of hydrogen-bond acceptors (Lipinski definition) is 1. The van der Waals surface area contributed by atoms with Gasteiger partial charge in [-0.15, -0.1) is 0 Å². The highest BCUT2D eigenvalue weighted by molar-refractivity contribution is 9.09. The van der Waals surface area contributed by atoms with Crippen LogP contribution in [0.5, 0.6) is 0 Å². The van der Waals surface area contributed by atoms with Crippen LogP contribution in [-0.4, -0.2) is 15.1 Å². The van der Waals surface area contributed by atoms with Crippen LogP contribution in [0.1, 0.15) is 36.9 Å². The Kier molecular flexibility index (Phi) is 4.53. The second kappa shape index (κ2) is 5.75. The van der Waals surface area contributed by atoms with E-state index >= 15 is 0 Å². The summed E-state index contributed by atoms with van der Waals surface area (Å²) >= 11 is 9.98. The fraction of sp³-hybridized carbons (Fsp3) is 0.769. The Labute approximate surface area is 117 Å². The highest BCUT2D eigenvalue weighted by Crippen LogP contribution is 2.35. The van der Waals surface area contributed by atoms with E-state index in [0.29, 0.717) is 5.92 Å². The zero-order valence-corrected chi connectivity index (χ0v) is 12.9. The zero-order valence-electron chi connectivity index (χ0n) is 10.5. The van der Waals surface area contributed by atoms with E-state index in [0.717, 1.165) is 28.5 Å². The maximum Gasteiger partial charge on any atom is 0.130 e. The zero-order chi connectivity index (χ0) is 12.4. The molecule has 96 valence electrons. The van der Waals surface area contributed by atoms with Crippen LogP contribution in [0.2, 0.25) is 5.15 Å². The van der Waals surface area contributed by atoms with Crippen molar-refractivity contribution in [2.24, 2.45) is 18.9 Å². The second-order valence-electron chi connectivity index (χ2n) is 5.14. The molecular weight excluding hydrogens is 300 g/mol. The lowest BCUT2D eigenvalue weighted by molar-refractivity contribution is 0.372. The Morgan fingerprint density at radius 3 is 2.59 bits per heavy atom. The normalized spacial score (nSPS) is 18.8. The molecule has 1 aliphatic carbocycles. The van der Waals surface area contributed by atoms with Gasteiger partial charge in [0.05, 0.1) is 5.69 Å². The monoisotopic (exact) mass is 318 g/mol. The number of hydrogen-bond donors (Lipinski definition) is 0. The molecular formula is C13H20BrClN2. The van der Waals surface area contributed by atoms with Gasteiger partial charge in [-0.25, -0.2) is 0 Å². The number of aromatic nitrogens is 2. The minimum absolute atomic E-state index is 0.706. The molecule has 0 aliphatic heterocycles. The Bertz CT molecular complexity index is 383. The molecule has 2 rings (SSSR count). The summed E-state index contributed by atoms with van der Waals surface area (Å²) in [5, 5.41) is 6.28. The number of alkyl halides is 1. The largest absolute Gasteiger partial charge is 0.257 e. The standard InChI is InChI=1S/C13H20BrClN2/c1-9-12(13(15)17(2)16-9)7-11(8-14)10-5-3-4-6-10/h10-11H,3-8H2,1-2H3. The molecule has 0 spiro atoms. The van der Waals surface area contributed by atoms with Gasteiger partial charge in [-0.2, -0.15) is 5.10 Å². The maximum absolute atomic E-state index is 6.31. The van der Waals surface area contributed by atoms with Gasteiger partial charge in [-0.05, 0) is 25.2 Å². The van der Waals surface area contributed by atoms with Crippen molar-refractivity contribution in [3.63, 3.8) is 0 Å². The fourth-order valence-corrected chi connectivity index (χ4v) is 3.95. The van der Waals surface area contributed by atoms with Crippen molar-refractivity contribution in [2.45, 2.75) is 39.0 Å². The molecule has 0 N–H and O–H groups in total. The minimum Gasteiger partial charge on any atom is -0.257 e. The molecule has 1 fully saturated rings. The van der Waals surface area contributed by atoms with Crippen LogP contribution in [0, 0.1) is 18.8 Å². The van der Waals surface area contributed by atoms with Crippen molar-refractivity contribution in [1.82, 2.24) is 9.78 Å². The molecule has 17 heavy (non-hydrogen) atoms. The topological polar surface area (TPSA) is 17.8 Å². The molecule has 0 bridgehead atoms. The van der Waals surface area contributed by atoms with E-state index in [1.165, 1.54) is 31.2 Å². The lowest BCUT2D eigenvalue weighted by atomic mass is 9.87. The molecule has 0 aromatic carbocycles. The first-order valence-electron chi connectivity index (χ1n) is 6.37. The van der Waals surface area contributed by atoms with Gasteiger partial charge in [0.1, 0.15) is 5.15 Å². The minimum atomic E-state index is 0.706. The molecule has 0 amide bonds. The van der Waals surface area contributed by atoms with Crippen molar-refractivity contribution >= 4 is 27.5 Å². The first-order chi connectivity index (χ1) is 8.13. The smallest absolute Gasteiger partial charge is 0.130 e. The first kappa shape index (κ1) is 13.4. The van der Waals surface area contributed by atoms with Gasteiger partial charge in [-0.1, -0.05) is 53.2 Å². The predicted molar refractivity (Wildman–Crippen MR) is 75.9 cm³/mol. The first-order valence-corrected chi connectivity index (χ1v) is 7.87. The van der Waals surface area contributed by atoms with E-state index in [-0.39, 0.29) is 0 Å². The van der Waals surface area contributed by atoms with Crippen molar-refractivity contribution in [3.05, 3.63) is 16.4 Å². The molecule has 1 unspecified atom stereocenters. The van der Waals surface area contributed by atoms with E-state index in [1.807, 2.05) is 7.05 Å². The van der Waals surface area contributed by atoms with Gasteiger partial charge < -0.3 is 0 Å². The molecule has 2 nitrogen and oxygen atoms in total. The van der Waals surface area contributed by atoms with E-state index < -0.39 is 0 Å². The Hall–Kier alpha value is -0.0200. The van der Waals surface area contributed by atoms with E-state index in [4.69, 9.17) is 11.6 Å². The van der Waals surface area contributed by atoms with Crippen LogP contribution in [0.15, 0.2) is 0 Å². The number of nitrogens with zero attached hydrogens (tertiary/aromatic N) is 2. The molecule has 1 saturated carbocycles. The van der Waals surface area contributed by atoms with Gasteiger partial charge in [0.15, 0.2) is 0 Å². The third-order valence-corrected chi connectivity index (χ3v) is 5.31. The van der Waals surface area contributed by atoms with Gasteiger partial charge in [0, 0.05) is 17.9 Å². The average molecular weight is 320 g/mol. The van der Waals surface area contributed by atoms with Crippen LogP contribution in [0.25, 0.3) is 0 Å². The van der Waals surface area contributed by atoms with Crippen molar-refractivity contribution in [1.29, 1.82) is 0 Å². The third kappa shape index (κ3) is 2.87. The van der Waals surface area contributed by atoms with Crippen LogP contribution >= 0.6 is 27.5 Å². The summed E-state index contributed by atoms with van der Waals surface area (Å²) in [5.74, 6) is 1.57. The summed E-state index contributed by atoms with van der Waals surface area (Å²) in [6.45, 7) is 2.06. The summed E-state index contributed by atoms with van der Waals surface area (Å²) in [7, 11) is 1.91. The van der Waals surface area contributed by atoms with Gasteiger partial charge in [-0.3, -0.25) is 4.68 Å². The molecule has 1 heterocycles. The van der Waals surface area contributed by atoms with Crippen LogP contribution in [0.4, 0.5) is 0 Å². The summed E-state index contributed by atoms with van der Waals surface area (Å²) in [5.41, 5.74) is 2.33. The fourth-order valence-electron chi connectivity index (χ4n) is 2.94. The van der Waals surface area contributed by atoms with Gasteiger partial charge in [0.2, 0.25) is 0 Å². The predicted octanol–water partition coefficient (Wildman–Crippen LogP) is 4.13. The van der Waals surface area contributed by atoms with Gasteiger partial charge >= 0.3 is 0 Å². The van der Waals surface area contributed by atoms with Crippen LogP contribution < -0.4 is 0 Å². The summed E-state index contributed by atoms with van der Waals surface area (Å²) in [6, 6.07) is 0. The van der Waals surface area contributed by atoms with E-state index in [1.54, 1.807) is 4.68 Å². The van der Waals surface area contributed by atoms with Crippen LogP contribution in [-0.2, 0) is 13.5 Å². The van der Waals surface area contributed by atoms with Crippen molar-refractivity contribution in [3.8, 4) is 0 Å².